The lowest BCUT2D eigenvalue weighted by atomic mass is 9.91. The number of ether oxygens (including phenoxy) is 1. The Morgan fingerprint density at radius 2 is 1.62 bits per heavy atom. The smallest absolute Gasteiger partial charge is 0.251 e. The summed E-state index contributed by atoms with van der Waals surface area (Å²) in [7, 11) is 4.11. The molecule has 0 atom stereocenters. The Morgan fingerprint density at radius 1 is 0.919 bits per heavy atom. The van der Waals surface area contributed by atoms with Crippen LogP contribution in [0.4, 0.5) is 11.8 Å². The van der Waals surface area contributed by atoms with Crippen molar-refractivity contribution in [1.82, 2.24) is 15.3 Å². The summed E-state index contributed by atoms with van der Waals surface area (Å²) in [6, 6.07) is 17.9. The van der Waals surface area contributed by atoms with E-state index in [0.717, 1.165) is 61.6 Å². The van der Waals surface area contributed by atoms with Gasteiger partial charge in [0.15, 0.2) is 0 Å². The second kappa shape index (κ2) is 11.6. The Bertz CT molecular complexity index is 1210. The molecule has 5 rings (SSSR count). The molecule has 1 fully saturated rings. The normalized spacial score (nSPS) is 19.0. The van der Waals surface area contributed by atoms with Crippen molar-refractivity contribution in [2.45, 2.75) is 70.1 Å². The van der Waals surface area contributed by atoms with E-state index in [1.807, 2.05) is 54.6 Å². The van der Waals surface area contributed by atoms with Crippen LogP contribution < -0.4 is 20.3 Å². The summed E-state index contributed by atoms with van der Waals surface area (Å²) in [6.45, 7) is 0.361. The third-order valence-corrected chi connectivity index (χ3v) is 7.38. The Balaban J connectivity index is 1.16. The summed E-state index contributed by atoms with van der Waals surface area (Å²) >= 11 is 0. The van der Waals surface area contributed by atoms with E-state index in [4.69, 9.17) is 14.7 Å². The second-order valence-electron chi connectivity index (χ2n) is 10.3. The van der Waals surface area contributed by atoms with E-state index in [1.165, 1.54) is 24.1 Å². The van der Waals surface area contributed by atoms with Crippen molar-refractivity contribution < 1.29 is 9.53 Å². The minimum absolute atomic E-state index is 0.0303. The molecule has 2 aliphatic carbocycles. The maximum atomic E-state index is 13.1. The van der Waals surface area contributed by atoms with E-state index in [0.29, 0.717) is 18.2 Å². The first kappa shape index (κ1) is 25.1. The van der Waals surface area contributed by atoms with Crippen LogP contribution >= 0.6 is 0 Å². The Labute approximate surface area is 219 Å². The average Bonchev–Trinajstić information content (AvgIpc) is 2.93. The molecule has 2 aromatic carbocycles. The quantitative estimate of drug-likeness (QED) is 0.446. The van der Waals surface area contributed by atoms with E-state index in [1.54, 1.807) is 0 Å². The minimum atomic E-state index is -0.0303. The van der Waals surface area contributed by atoms with Crippen molar-refractivity contribution in [3.63, 3.8) is 0 Å². The van der Waals surface area contributed by atoms with Crippen LogP contribution in [-0.4, -0.2) is 42.1 Å². The number of carbonyl (C=O) groups is 1. The third-order valence-electron chi connectivity index (χ3n) is 7.38. The molecule has 0 bridgehead atoms. The first-order valence-electron chi connectivity index (χ1n) is 13.5. The van der Waals surface area contributed by atoms with E-state index in [2.05, 4.69) is 29.6 Å². The molecule has 1 heterocycles. The molecule has 7 heteroatoms. The Morgan fingerprint density at radius 3 is 2.41 bits per heavy atom. The number of benzene rings is 2. The van der Waals surface area contributed by atoms with Gasteiger partial charge in [-0.2, -0.15) is 4.98 Å². The minimum Gasteiger partial charge on any atom is -0.489 e. The number of anilines is 2. The number of aromatic nitrogens is 2. The molecule has 194 valence electrons. The SMILES string of the molecule is CN(C)c1nc(N[C@H]2CC[C@@H](NC(=O)c3ccccc3COc3ccccc3)CC2)nc2c1CCCC2. The molecule has 1 amide bonds. The predicted molar refractivity (Wildman–Crippen MR) is 147 cm³/mol. The molecule has 37 heavy (non-hydrogen) atoms. The summed E-state index contributed by atoms with van der Waals surface area (Å²) in [5.74, 6) is 2.55. The second-order valence-corrected chi connectivity index (χ2v) is 10.3. The number of hydrogen-bond donors (Lipinski definition) is 2. The lowest BCUT2D eigenvalue weighted by Gasteiger charge is -2.30. The van der Waals surface area contributed by atoms with Gasteiger partial charge in [-0.05, 0) is 69.6 Å². The van der Waals surface area contributed by atoms with Crippen molar-refractivity contribution in [1.29, 1.82) is 0 Å². The molecule has 1 saturated carbocycles. The molecule has 7 nitrogen and oxygen atoms in total. The molecule has 2 aliphatic rings. The molecule has 1 aromatic heterocycles. The molecule has 2 N–H and O–H groups in total. The van der Waals surface area contributed by atoms with Gasteiger partial charge in [0.1, 0.15) is 18.2 Å². The maximum absolute atomic E-state index is 13.1. The van der Waals surface area contributed by atoms with Gasteiger partial charge in [0, 0.05) is 42.9 Å². The van der Waals surface area contributed by atoms with Gasteiger partial charge in [-0.3, -0.25) is 4.79 Å². The van der Waals surface area contributed by atoms with Gasteiger partial charge in [-0.1, -0.05) is 36.4 Å². The standard InChI is InChI=1S/C30H37N5O2/c1-35(2)28-26-14-8-9-15-27(26)33-30(34-28)32-23-18-16-22(17-19-23)31-29(36)25-13-7-6-10-21(25)20-37-24-11-4-3-5-12-24/h3-7,10-13,22-23H,8-9,14-20H2,1-2H3,(H,31,36)(H,32,33,34)/t22-,23+. The topological polar surface area (TPSA) is 79.4 Å². The fourth-order valence-corrected chi connectivity index (χ4v) is 5.38. The van der Waals surface area contributed by atoms with Gasteiger partial charge in [0.25, 0.3) is 5.91 Å². The highest BCUT2D eigenvalue weighted by atomic mass is 16.5. The van der Waals surface area contributed by atoms with Crippen LogP contribution in [0.5, 0.6) is 5.75 Å². The van der Waals surface area contributed by atoms with Gasteiger partial charge in [-0.25, -0.2) is 4.98 Å². The third kappa shape index (κ3) is 6.21. The van der Waals surface area contributed by atoms with Crippen molar-refractivity contribution in [3.8, 4) is 5.75 Å². The number of nitrogens with one attached hydrogen (secondary N) is 2. The summed E-state index contributed by atoms with van der Waals surface area (Å²) in [4.78, 5) is 25.0. The molecule has 0 aliphatic heterocycles. The largest absolute Gasteiger partial charge is 0.489 e. The van der Waals surface area contributed by atoms with Crippen LogP contribution in [-0.2, 0) is 19.4 Å². The molecular weight excluding hydrogens is 462 g/mol. The zero-order chi connectivity index (χ0) is 25.6. The van der Waals surface area contributed by atoms with Gasteiger partial charge in [0.2, 0.25) is 5.95 Å². The number of nitrogens with zero attached hydrogens (tertiary/aromatic N) is 3. The highest BCUT2D eigenvalue weighted by Crippen LogP contribution is 2.29. The van der Waals surface area contributed by atoms with Gasteiger partial charge < -0.3 is 20.3 Å². The van der Waals surface area contributed by atoms with Crippen LogP contribution in [0.25, 0.3) is 0 Å². The molecule has 3 aromatic rings. The van der Waals surface area contributed by atoms with Crippen LogP contribution in [0.1, 0.15) is 65.7 Å². The van der Waals surface area contributed by atoms with E-state index < -0.39 is 0 Å². The molecule has 0 spiro atoms. The lowest BCUT2D eigenvalue weighted by Crippen LogP contribution is -2.40. The van der Waals surface area contributed by atoms with E-state index >= 15 is 0 Å². The summed E-state index contributed by atoms with van der Waals surface area (Å²) < 4.78 is 5.90. The predicted octanol–water partition coefficient (Wildman–Crippen LogP) is 5.15. The van der Waals surface area contributed by atoms with Crippen molar-refractivity contribution in [2.24, 2.45) is 0 Å². The fourth-order valence-electron chi connectivity index (χ4n) is 5.38. The lowest BCUT2D eigenvalue weighted by molar-refractivity contribution is 0.0924. The number of rotatable bonds is 8. The zero-order valence-electron chi connectivity index (χ0n) is 21.9. The van der Waals surface area contributed by atoms with Crippen LogP contribution in [0.3, 0.4) is 0 Å². The number of fused-ring (bicyclic) bond motifs is 1. The average molecular weight is 500 g/mol. The number of carbonyl (C=O) groups excluding carboxylic acids is 1. The number of aryl methyl sites for hydroxylation is 1. The number of amides is 1. The van der Waals surface area contributed by atoms with Gasteiger partial charge in [-0.15, -0.1) is 0 Å². The van der Waals surface area contributed by atoms with Crippen molar-refractivity contribution in [2.75, 3.05) is 24.3 Å². The number of hydrogen-bond acceptors (Lipinski definition) is 6. The van der Waals surface area contributed by atoms with Crippen LogP contribution in [0, 0.1) is 0 Å². The first-order valence-corrected chi connectivity index (χ1v) is 13.5. The van der Waals surface area contributed by atoms with Crippen molar-refractivity contribution in [3.05, 3.63) is 77.0 Å². The van der Waals surface area contributed by atoms with Crippen LogP contribution in [0.15, 0.2) is 54.6 Å². The highest BCUT2D eigenvalue weighted by molar-refractivity contribution is 5.95. The van der Waals surface area contributed by atoms with Crippen molar-refractivity contribution >= 4 is 17.7 Å². The zero-order valence-corrected chi connectivity index (χ0v) is 21.9. The molecule has 0 unspecified atom stereocenters. The summed E-state index contributed by atoms with van der Waals surface area (Å²) in [5.41, 5.74) is 4.07. The Kier molecular flexibility index (Phi) is 7.87. The molecule has 0 saturated heterocycles. The Hall–Kier alpha value is -3.61. The molecular formula is C30H37N5O2. The fraction of sp³-hybridized carbons (Fsp3) is 0.433. The van der Waals surface area contributed by atoms with Crippen LogP contribution in [0.2, 0.25) is 0 Å². The van der Waals surface area contributed by atoms with E-state index in [-0.39, 0.29) is 11.9 Å². The maximum Gasteiger partial charge on any atom is 0.251 e. The van der Waals surface area contributed by atoms with Gasteiger partial charge >= 0.3 is 0 Å². The number of para-hydroxylation sites is 1. The van der Waals surface area contributed by atoms with Gasteiger partial charge in [0.05, 0.1) is 5.69 Å². The summed E-state index contributed by atoms with van der Waals surface area (Å²) in [6.07, 6.45) is 8.31. The summed E-state index contributed by atoms with van der Waals surface area (Å²) in [5, 5.41) is 6.86. The van der Waals surface area contributed by atoms with E-state index in [9.17, 15) is 4.79 Å². The molecule has 0 radical (unpaired) electrons. The monoisotopic (exact) mass is 499 g/mol. The highest BCUT2D eigenvalue weighted by Gasteiger charge is 2.25. The first-order chi connectivity index (χ1) is 18.1.